The van der Waals surface area contributed by atoms with Gasteiger partial charge in [0.25, 0.3) is 5.91 Å². The van der Waals surface area contributed by atoms with Crippen LogP contribution in [0.3, 0.4) is 0 Å². The summed E-state index contributed by atoms with van der Waals surface area (Å²) < 4.78 is 63.3. The van der Waals surface area contributed by atoms with Crippen LogP contribution in [0.5, 0.6) is 0 Å². The highest BCUT2D eigenvalue weighted by Gasteiger charge is 2.40. The maximum atomic E-state index is 12.9. The van der Waals surface area contributed by atoms with Crippen molar-refractivity contribution in [3.8, 4) is 5.69 Å². The summed E-state index contributed by atoms with van der Waals surface area (Å²) in [4.78, 5) is 12.6. The number of hydrogen-bond donors (Lipinski definition) is 1. The molecule has 2 aromatic rings. The Morgan fingerprint density at radius 2 is 2.04 bits per heavy atom. The van der Waals surface area contributed by atoms with E-state index in [0.717, 1.165) is 12.1 Å². The van der Waals surface area contributed by atoms with Crippen molar-refractivity contribution in [3.05, 3.63) is 47.3 Å². The zero-order valence-corrected chi connectivity index (χ0v) is 15.5. The quantitative estimate of drug-likeness (QED) is 0.857. The Balaban J connectivity index is 1.87. The van der Waals surface area contributed by atoms with Crippen molar-refractivity contribution in [2.75, 3.05) is 11.5 Å². The second-order valence-electron chi connectivity index (χ2n) is 6.96. The molecule has 2 heterocycles. The molecule has 1 saturated heterocycles. The van der Waals surface area contributed by atoms with Gasteiger partial charge in [-0.1, -0.05) is 6.07 Å². The minimum absolute atomic E-state index is 0.00621. The average Bonchev–Trinajstić information content (AvgIpc) is 3.06. The first-order chi connectivity index (χ1) is 12.4. The summed E-state index contributed by atoms with van der Waals surface area (Å²) in [6, 6.07) is 4.63. The molecule has 0 saturated carbocycles. The molecule has 0 aliphatic carbocycles. The maximum Gasteiger partial charge on any atom is 0.416 e. The fourth-order valence-electron chi connectivity index (χ4n) is 3.16. The second-order valence-corrected chi connectivity index (χ2v) is 9.14. The van der Waals surface area contributed by atoms with E-state index >= 15 is 0 Å². The predicted molar refractivity (Wildman–Crippen MR) is 92.4 cm³/mol. The molecular formula is C17H18F3N3O3S. The molecule has 10 heteroatoms. The molecule has 0 spiro atoms. The molecule has 0 radical (unpaired) electrons. The zero-order valence-electron chi connectivity index (χ0n) is 14.7. The number of carbonyl (C=O) groups is 1. The lowest BCUT2D eigenvalue weighted by atomic mass is 10.0. The molecule has 1 N–H and O–H groups in total. The van der Waals surface area contributed by atoms with E-state index in [1.807, 2.05) is 0 Å². The Bertz CT molecular complexity index is 998. The van der Waals surface area contributed by atoms with Crippen LogP contribution < -0.4 is 5.32 Å². The molecule has 1 aliphatic heterocycles. The molecule has 1 aromatic heterocycles. The van der Waals surface area contributed by atoms with Crippen molar-refractivity contribution < 1.29 is 26.4 Å². The number of carbonyl (C=O) groups excluding carboxylic acids is 1. The fourth-order valence-corrected chi connectivity index (χ4v) is 5.25. The van der Waals surface area contributed by atoms with Crippen molar-refractivity contribution in [1.82, 2.24) is 15.1 Å². The second kappa shape index (κ2) is 6.36. The van der Waals surface area contributed by atoms with Crippen LogP contribution in [0.25, 0.3) is 5.69 Å². The third-order valence-corrected chi connectivity index (χ3v) is 6.49. The molecule has 6 nitrogen and oxygen atoms in total. The summed E-state index contributed by atoms with van der Waals surface area (Å²) in [5, 5.41) is 6.74. The van der Waals surface area contributed by atoms with Crippen molar-refractivity contribution in [3.63, 3.8) is 0 Å². The molecule has 1 aromatic carbocycles. The maximum absolute atomic E-state index is 12.9. The third kappa shape index (κ3) is 4.00. The minimum atomic E-state index is -4.49. The Morgan fingerprint density at radius 1 is 1.33 bits per heavy atom. The number of benzene rings is 1. The van der Waals surface area contributed by atoms with E-state index in [9.17, 15) is 26.4 Å². The fraction of sp³-hybridized carbons (Fsp3) is 0.412. The smallest absolute Gasteiger partial charge is 0.346 e. The van der Waals surface area contributed by atoms with Gasteiger partial charge in [0.2, 0.25) is 0 Å². The largest absolute Gasteiger partial charge is 0.416 e. The lowest BCUT2D eigenvalue weighted by Gasteiger charge is -2.23. The highest BCUT2D eigenvalue weighted by Crippen LogP contribution is 2.30. The van der Waals surface area contributed by atoms with E-state index in [0.29, 0.717) is 12.1 Å². The molecule has 1 aliphatic rings. The zero-order chi connectivity index (χ0) is 20.0. The van der Waals surface area contributed by atoms with Crippen LogP contribution in [0.1, 0.15) is 35.0 Å². The van der Waals surface area contributed by atoms with E-state index in [-0.39, 0.29) is 22.8 Å². The lowest BCUT2D eigenvalue weighted by molar-refractivity contribution is -0.137. The highest BCUT2D eigenvalue weighted by atomic mass is 32.2. The van der Waals surface area contributed by atoms with Gasteiger partial charge in [0, 0.05) is 0 Å². The molecule has 146 valence electrons. The van der Waals surface area contributed by atoms with Gasteiger partial charge in [-0.15, -0.1) is 0 Å². The van der Waals surface area contributed by atoms with E-state index in [4.69, 9.17) is 0 Å². The molecule has 1 amide bonds. The van der Waals surface area contributed by atoms with Crippen molar-refractivity contribution in [1.29, 1.82) is 0 Å². The van der Waals surface area contributed by atoms with Gasteiger partial charge >= 0.3 is 6.18 Å². The number of sulfone groups is 1. The van der Waals surface area contributed by atoms with Crippen LogP contribution >= 0.6 is 0 Å². The summed E-state index contributed by atoms with van der Waals surface area (Å²) in [6.07, 6.45) is -2.92. The number of nitrogens with zero attached hydrogens (tertiary/aromatic N) is 2. The summed E-state index contributed by atoms with van der Waals surface area (Å²) in [7, 11) is -3.19. The topological polar surface area (TPSA) is 81.1 Å². The number of halogens is 3. The Hall–Kier alpha value is -2.36. The Kier molecular flexibility index (Phi) is 4.57. The molecule has 1 unspecified atom stereocenters. The van der Waals surface area contributed by atoms with E-state index < -0.39 is 33.0 Å². The van der Waals surface area contributed by atoms with Crippen molar-refractivity contribution in [2.24, 2.45) is 0 Å². The van der Waals surface area contributed by atoms with Gasteiger partial charge in [0.1, 0.15) is 0 Å². The van der Waals surface area contributed by atoms with Crippen molar-refractivity contribution in [2.45, 2.75) is 32.0 Å². The van der Waals surface area contributed by atoms with Gasteiger partial charge in [-0.2, -0.15) is 18.3 Å². The van der Waals surface area contributed by atoms with Gasteiger partial charge in [-0.05, 0) is 38.5 Å². The first-order valence-corrected chi connectivity index (χ1v) is 9.98. The first-order valence-electron chi connectivity index (χ1n) is 8.15. The van der Waals surface area contributed by atoms with Crippen LogP contribution in [0, 0.1) is 6.92 Å². The molecule has 27 heavy (non-hydrogen) atoms. The number of rotatable bonds is 3. The Morgan fingerprint density at radius 3 is 2.63 bits per heavy atom. The van der Waals surface area contributed by atoms with Crippen LogP contribution in [0.2, 0.25) is 0 Å². The van der Waals surface area contributed by atoms with Crippen LogP contribution in [0.15, 0.2) is 30.5 Å². The SMILES string of the molecule is Cc1c(C(=O)NC2(C)CCS(=O)(=O)C2)cnn1-c1cccc(C(F)(F)F)c1. The van der Waals surface area contributed by atoms with Gasteiger partial charge in [-0.25, -0.2) is 13.1 Å². The summed E-state index contributed by atoms with van der Waals surface area (Å²) >= 11 is 0. The van der Waals surface area contributed by atoms with Crippen LogP contribution in [-0.4, -0.2) is 41.2 Å². The molecule has 0 bridgehead atoms. The van der Waals surface area contributed by atoms with Crippen LogP contribution in [-0.2, 0) is 16.0 Å². The van der Waals surface area contributed by atoms with E-state index in [1.54, 1.807) is 13.8 Å². The van der Waals surface area contributed by atoms with Gasteiger partial charge in [-0.3, -0.25) is 4.79 Å². The molecule has 3 rings (SSSR count). The normalized spacial score (nSPS) is 22.0. The number of alkyl halides is 3. The van der Waals surface area contributed by atoms with Gasteiger partial charge < -0.3 is 5.32 Å². The molecular weight excluding hydrogens is 383 g/mol. The van der Waals surface area contributed by atoms with E-state index in [2.05, 4.69) is 10.4 Å². The predicted octanol–water partition coefficient (Wildman–Crippen LogP) is 2.51. The average molecular weight is 401 g/mol. The summed E-state index contributed by atoms with van der Waals surface area (Å²) in [5.74, 6) is -0.649. The molecule has 1 atom stereocenters. The van der Waals surface area contributed by atoms with Gasteiger partial charge in [0.05, 0.1) is 45.7 Å². The van der Waals surface area contributed by atoms with E-state index in [1.165, 1.54) is 23.0 Å². The Labute approximate surface area is 154 Å². The first kappa shape index (κ1) is 19.4. The highest BCUT2D eigenvalue weighted by molar-refractivity contribution is 7.91. The standard InChI is InChI=1S/C17H18F3N3O3S/c1-11-14(15(24)22-16(2)6-7-27(25,26)10-16)9-21-23(11)13-5-3-4-12(8-13)17(18,19)20/h3-5,8-9H,6-7,10H2,1-2H3,(H,22,24). The minimum Gasteiger partial charge on any atom is -0.346 e. The summed E-state index contributed by atoms with van der Waals surface area (Å²) in [6.45, 7) is 3.22. The number of aromatic nitrogens is 2. The number of nitrogens with one attached hydrogen (secondary N) is 1. The van der Waals surface area contributed by atoms with Gasteiger partial charge in [0.15, 0.2) is 9.84 Å². The lowest BCUT2D eigenvalue weighted by Crippen LogP contribution is -2.47. The number of hydrogen-bond acceptors (Lipinski definition) is 4. The number of amides is 1. The monoisotopic (exact) mass is 401 g/mol. The van der Waals surface area contributed by atoms with Crippen LogP contribution in [0.4, 0.5) is 13.2 Å². The molecule has 1 fully saturated rings. The third-order valence-electron chi connectivity index (χ3n) is 4.59. The van der Waals surface area contributed by atoms with Crippen molar-refractivity contribution >= 4 is 15.7 Å². The summed E-state index contributed by atoms with van der Waals surface area (Å²) in [5.41, 5.74) is -0.976.